The number of carbonyl (C=O) groups is 1. The van der Waals surface area contributed by atoms with Crippen LogP contribution in [-0.2, 0) is 11.3 Å². The lowest BCUT2D eigenvalue weighted by Gasteiger charge is -2.15. The van der Waals surface area contributed by atoms with Crippen LogP contribution in [0.5, 0.6) is 0 Å². The minimum absolute atomic E-state index is 0.00180. The number of nitriles is 1. The van der Waals surface area contributed by atoms with Crippen LogP contribution in [0.4, 0.5) is 0 Å². The molecule has 4 heteroatoms. The molecule has 2 rings (SSSR count). The SMILES string of the molecule is CS[C@H](C(=O)NCc1ccc(C#N)cc1)c1ccccc1. The quantitative estimate of drug-likeness (QED) is 0.921. The maximum Gasteiger partial charge on any atom is 0.237 e. The Morgan fingerprint density at radius 2 is 1.86 bits per heavy atom. The topological polar surface area (TPSA) is 52.9 Å². The van der Waals surface area contributed by atoms with E-state index in [2.05, 4.69) is 11.4 Å². The van der Waals surface area contributed by atoms with Gasteiger partial charge in [-0.1, -0.05) is 42.5 Å². The van der Waals surface area contributed by atoms with Crippen LogP contribution < -0.4 is 5.32 Å². The summed E-state index contributed by atoms with van der Waals surface area (Å²) in [5.41, 5.74) is 2.61. The summed E-state index contributed by atoms with van der Waals surface area (Å²) >= 11 is 1.52. The second kappa shape index (κ2) is 7.51. The molecule has 0 bridgehead atoms. The third-order valence-electron chi connectivity index (χ3n) is 3.13. The predicted molar refractivity (Wildman–Crippen MR) is 85.7 cm³/mol. The average molecular weight is 296 g/mol. The van der Waals surface area contributed by atoms with Gasteiger partial charge in [0.25, 0.3) is 0 Å². The smallest absolute Gasteiger partial charge is 0.237 e. The molecule has 0 radical (unpaired) electrons. The first kappa shape index (κ1) is 15.1. The number of thioether (sulfide) groups is 1. The highest BCUT2D eigenvalue weighted by Crippen LogP contribution is 2.26. The molecule has 0 aromatic heterocycles. The second-order valence-corrected chi connectivity index (χ2v) is 5.50. The van der Waals surface area contributed by atoms with Crippen molar-refractivity contribution < 1.29 is 4.79 Å². The summed E-state index contributed by atoms with van der Waals surface area (Å²) < 4.78 is 0. The zero-order valence-electron chi connectivity index (χ0n) is 11.7. The third kappa shape index (κ3) is 4.11. The van der Waals surface area contributed by atoms with Crippen LogP contribution in [-0.4, -0.2) is 12.2 Å². The Morgan fingerprint density at radius 3 is 2.43 bits per heavy atom. The van der Waals surface area contributed by atoms with Crippen molar-refractivity contribution >= 4 is 17.7 Å². The van der Waals surface area contributed by atoms with E-state index < -0.39 is 0 Å². The highest BCUT2D eigenvalue weighted by Gasteiger charge is 2.18. The lowest BCUT2D eigenvalue weighted by atomic mass is 10.1. The number of rotatable bonds is 5. The molecule has 1 N–H and O–H groups in total. The number of carbonyl (C=O) groups excluding carboxylic acids is 1. The first-order valence-electron chi connectivity index (χ1n) is 6.59. The van der Waals surface area contributed by atoms with E-state index in [0.29, 0.717) is 12.1 Å². The van der Waals surface area contributed by atoms with E-state index >= 15 is 0 Å². The van der Waals surface area contributed by atoms with Gasteiger partial charge >= 0.3 is 0 Å². The molecule has 0 saturated carbocycles. The highest BCUT2D eigenvalue weighted by atomic mass is 32.2. The van der Waals surface area contributed by atoms with E-state index in [1.807, 2.05) is 48.7 Å². The molecule has 0 unspecified atom stereocenters. The molecule has 0 heterocycles. The molecule has 0 aliphatic heterocycles. The van der Waals surface area contributed by atoms with Crippen molar-refractivity contribution in [1.82, 2.24) is 5.32 Å². The average Bonchev–Trinajstić information content (AvgIpc) is 2.55. The first-order valence-corrected chi connectivity index (χ1v) is 7.88. The standard InChI is InChI=1S/C17H16N2OS/c1-21-16(15-5-3-2-4-6-15)17(20)19-12-14-9-7-13(11-18)8-10-14/h2-10,16H,12H2,1H3,(H,19,20)/t16-/m0/s1. The van der Waals surface area contributed by atoms with Crippen molar-refractivity contribution in [1.29, 1.82) is 5.26 Å². The van der Waals surface area contributed by atoms with Gasteiger partial charge in [0, 0.05) is 6.54 Å². The molecule has 0 saturated heterocycles. The molecule has 21 heavy (non-hydrogen) atoms. The van der Waals surface area contributed by atoms with Gasteiger partial charge in [-0.05, 0) is 29.5 Å². The minimum atomic E-state index is -0.204. The number of amides is 1. The van der Waals surface area contributed by atoms with Crippen LogP contribution >= 0.6 is 11.8 Å². The summed E-state index contributed by atoms with van der Waals surface area (Å²) in [5.74, 6) is -0.00180. The van der Waals surface area contributed by atoms with Gasteiger partial charge in [0.15, 0.2) is 0 Å². The van der Waals surface area contributed by atoms with Crippen molar-refractivity contribution in [2.75, 3.05) is 6.26 Å². The maximum absolute atomic E-state index is 12.3. The number of nitrogens with zero attached hydrogens (tertiary/aromatic N) is 1. The molecule has 3 nitrogen and oxygen atoms in total. The summed E-state index contributed by atoms with van der Waals surface area (Å²) in [7, 11) is 0. The molecule has 1 amide bonds. The van der Waals surface area contributed by atoms with Crippen LogP contribution in [0.3, 0.4) is 0 Å². The Kier molecular flexibility index (Phi) is 5.42. The molecule has 0 aliphatic carbocycles. The lowest BCUT2D eigenvalue weighted by Crippen LogP contribution is -2.27. The monoisotopic (exact) mass is 296 g/mol. The van der Waals surface area contributed by atoms with Crippen LogP contribution in [0.1, 0.15) is 21.9 Å². The van der Waals surface area contributed by atoms with Gasteiger partial charge in [-0.25, -0.2) is 0 Å². The lowest BCUT2D eigenvalue weighted by molar-refractivity contribution is -0.120. The Labute approximate surface area is 129 Å². The fourth-order valence-electron chi connectivity index (χ4n) is 2.00. The van der Waals surface area contributed by atoms with Crippen LogP contribution in [0.25, 0.3) is 0 Å². The van der Waals surface area contributed by atoms with Gasteiger partial charge in [0.2, 0.25) is 5.91 Å². The largest absolute Gasteiger partial charge is 0.351 e. The van der Waals surface area contributed by atoms with Gasteiger partial charge in [0.1, 0.15) is 5.25 Å². The van der Waals surface area contributed by atoms with Crippen LogP contribution in [0.2, 0.25) is 0 Å². The summed E-state index contributed by atoms with van der Waals surface area (Å²) in [6.07, 6.45) is 1.93. The normalized spacial score (nSPS) is 11.4. The van der Waals surface area contributed by atoms with Gasteiger partial charge in [0.05, 0.1) is 11.6 Å². The Morgan fingerprint density at radius 1 is 1.19 bits per heavy atom. The van der Waals surface area contributed by atoms with Crippen molar-refractivity contribution in [2.45, 2.75) is 11.8 Å². The zero-order chi connectivity index (χ0) is 15.1. The van der Waals surface area contributed by atoms with Gasteiger partial charge in [-0.3, -0.25) is 4.79 Å². The van der Waals surface area contributed by atoms with E-state index in [1.165, 1.54) is 11.8 Å². The molecular weight excluding hydrogens is 280 g/mol. The Balaban J connectivity index is 1.98. The molecule has 106 valence electrons. The van der Waals surface area contributed by atoms with Crippen molar-refractivity contribution in [3.05, 3.63) is 71.3 Å². The summed E-state index contributed by atoms with van der Waals surface area (Å²) in [6.45, 7) is 0.467. The fourth-order valence-corrected chi connectivity index (χ4v) is 2.73. The van der Waals surface area contributed by atoms with Crippen molar-refractivity contribution in [3.8, 4) is 6.07 Å². The molecular formula is C17H16N2OS. The summed E-state index contributed by atoms with van der Waals surface area (Å²) in [6, 6.07) is 19.0. The number of hydrogen-bond donors (Lipinski definition) is 1. The third-order valence-corrected chi connectivity index (χ3v) is 4.08. The molecule has 2 aromatic carbocycles. The fraction of sp³-hybridized carbons (Fsp3) is 0.176. The second-order valence-electron chi connectivity index (χ2n) is 4.55. The van der Waals surface area contributed by atoms with E-state index in [9.17, 15) is 4.79 Å². The maximum atomic E-state index is 12.3. The van der Waals surface area contributed by atoms with Crippen LogP contribution in [0.15, 0.2) is 54.6 Å². The van der Waals surface area contributed by atoms with E-state index in [0.717, 1.165) is 11.1 Å². The van der Waals surface area contributed by atoms with Crippen molar-refractivity contribution in [3.63, 3.8) is 0 Å². The Bertz CT molecular complexity index is 632. The Hall–Kier alpha value is -2.25. The van der Waals surface area contributed by atoms with Gasteiger partial charge < -0.3 is 5.32 Å². The van der Waals surface area contributed by atoms with E-state index in [1.54, 1.807) is 12.1 Å². The number of benzene rings is 2. The number of nitrogens with one attached hydrogen (secondary N) is 1. The molecule has 2 aromatic rings. The van der Waals surface area contributed by atoms with Crippen LogP contribution in [0, 0.1) is 11.3 Å². The zero-order valence-corrected chi connectivity index (χ0v) is 12.6. The van der Waals surface area contributed by atoms with Gasteiger partial charge in [-0.2, -0.15) is 5.26 Å². The summed E-state index contributed by atoms with van der Waals surface area (Å²) in [5, 5.41) is 11.5. The van der Waals surface area contributed by atoms with Crippen molar-refractivity contribution in [2.24, 2.45) is 0 Å². The van der Waals surface area contributed by atoms with Gasteiger partial charge in [-0.15, -0.1) is 11.8 Å². The first-order chi connectivity index (χ1) is 10.2. The molecule has 0 aliphatic rings. The molecule has 1 atom stereocenters. The molecule has 0 fully saturated rings. The molecule has 0 spiro atoms. The summed E-state index contributed by atoms with van der Waals surface area (Å²) in [4.78, 5) is 12.3. The van der Waals surface area contributed by atoms with E-state index in [4.69, 9.17) is 5.26 Å². The highest BCUT2D eigenvalue weighted by molar-refractivity contribution is 7.99. The minimum Gasteiger partial charge on any atom is -0.351 e. The number of hydrogen-bond acceptors (Lipinski definition) is 3. The van der Waals surface area contributed by atoms with E-state index in [-0.39, 0.29) is 11.2 Å². The predicted octanol–water partition coefficient (Wildman–Crippen LogP) is 3.28.